The molecule has 30 heavy (non-hydrogen) atoms. The molecule has 0 saturated carbocycles. The average molecular weight is 533 g/mol. The van der Waals surface area contributed by atoms with Gasteiger partial charge in [-0.25, -0.2) is 0 Å². The summed E-state index contributed by atoms with van der Waals surface area (Å²) in [4.78, 5) is 12.0. The molecule has 0 aliphatic carbocycles. The third kappa shape index (κ3) is 7.10. The Hall–Kier alpha value is -0.840. The Balaban J connectivity index is 0.00000320. The molecule has 0 spiro atoms. The standard InChI is InChI=1S/C22H40N6O.HI/c1-18(2)19(28-13-11-26(4)12-14-28)16-24-22(23-3)25-17-20(21-8-7-15-29-21)27-9-5-6-10-27;/h7-8,15,18-20H,5-6,9-14,16-17H2,1-4H3,(H2,23,24,25);1H. The summed E-state index contributed by atoms with van der Waals surface area (Å²) in [6, 6.07) is 4.84. The van der Waals surface area contributed by atoms with Gasteiger partial charge in [0, 0.05) is 52.4 Å². The number of aliphatic imine (C=N–C) groups is 1. The lowest BCUT2D eigenvalue weighted by Gasteiger charge is -2.40. The van der Waals surface area contributed by atoms with Crippen molar-refractivity contribution in [3.05, 3.63) is 24.2 Å². The minimum Gasteiger partial charge on any atom is -0.468 e. The fourth-order valence-corrected chi connectivity index (χ4v) is 4.50. The predicted molar refractivity (Wildman–Crippen MR) is 135 cm³/mol. The summed E-state index contributed by atoms with van der Waals surface area (Å²) in [5.74, 6) is 2.51. The molecule has 7 nitrogen and oxygen atoms in total. The molecule has 2 unspecified atom stereocenters. The lowest BCUT2D eigenvalue weighted by Crippen LogP contribution is -2.55. The molecule has 0 aromatic carbocycles. The lowest BCUT2D eigenvalue weighted by molar-refractivity contribution is 0.0899. The Bertz CT molecular complexity index is 609. The van der Waals surface area contributed by atoms with E-state index in [1.807, 2.05) is 13.1 Å². The van der Waals surface area contributed by atoms with Crippen LogP contribution in [0.5, 0.6) is 0 Å². The van der Waals surface area contributed by atoms with E-state index in [0.29, 0.717) is 12.0 Å². The number of furan rings is 1. The van der Waals surface area contributed by atoms with Crippen LogP contribution in [0.1, 0.15) is 38.5 Å². The first kappa shape index (κ1) is 25.4. The van der Waals surface area contributed by atoms with Crippen LogP contribution >= 0.6 is 24.0 Å². The highest BCUT2D eigenvalue weighted by molar-refractivity contribution is 14.0. The monoisotopic (exact) mass is 532 g/mol. The maximum atomic E-state index is 5.74. The minimum absolute atomic E-state index is 0. The first-order chi connectivity index (χ1) is 14.1. The summed E-state index contributed by atoms with van der Waals surface area (Å²) in [7, 11) is 4.06. The molecule has 3 heterocycles. The van der Waals surface area contributed by atoms with Gasteiger partial charge >= 0.3 is 0 Å². The molecule has 2 fully saturated rings. The first-order valence-corrected chi connectivity index (χ1v) is 11.2. The number of piperazine rings is 1. The molecule has 0 bridgehead atoms. The Kier molecular flexibility index (Phi) is 10.9. The van der Waals surface area contributed by atoms with Crippen LogP contribution in [0.3, 0.4) is 0 Å². The van der Waals surface area contributed by atoms with Crippen LogP contribution in [0.15, 0.2) is 27.8 Å². The molecular weight excluding hydrogens is 491 g/mol. The summed E-state index contributed by atoms with van der Waals surface area (Å²) in [6.07, 6.45) is 4.31. The minimum atomic E-state index is 0. The van der Waals surface area contributed by atoms with Gasteiger partial charge in [0.2, 0.25) is 0 Å². The van der Waals surface area contributed by atoms with E-state index < -0.39 is 0 Å². The summed E-state index contributed by atoms with van der Waals surface area (Å²) in [5, 5.41) is 7.13. The van der Waals surface area contributed by atoms with Gasteiger partial charge in [-0.3, -0.25) is 14.8 Å². The lowest BCUT2D eigenvalue weighted by atomic mass is 10.0. The largest absolute Gasteiger partial charge is 0.468 e. The van der Waals surface area contributed by atoms with E-state index in [1.165, 1.54) is 12.8 Å². The number of halogens is 1. The third-order valence-corrected chi connectivity index (χ3v) is 6.39. The van der Waals surface area contributed by atoms with Crippen molar-refractivity contribution in [1.29, 1.82) is 0 Å². The summed E-state index contributed by atoms with van der Waals surface area (Å²) >= 11 is 0. The van der Waals surface area contributed by atoms with Gasteiger partial charge in [0.1, 0.15) is 5.76 Å². The number of guanidine groups is 1. The molecule has 172 valence electrons. The van der Waals surface area contributed by atoms with Crippen molar-refractivity contribution in [2.45, 2.75) is 38.8 Å². The predicted octanol–water partition coefficient (Wildman–Crippen LogP) is 2.47. The number of hydrogen-bond donors (Lipinski definition) is 2. The molecule has 8 heteroatoms. The normalized spacial score (nSPS) is 21.4. The number of nitrogens with zero attached hydrogens (tertiary/aromatic N) is 4. The van der Waals surface area contributed by atoms with Gasteiger partial charge in [0.25, 0.3) is 0 Å². The number of rotatable bonds is 8. The van der Waals surface area contributed by atoms with Crippen molar-refractivity contribution in [2.75, 3.05) is 66.5 Å². The number of hydrogen-bond acceptors (Lipinski definition) is 5. The Morgan fingerprint density at radius 3 is 2.27 bits per heavy atom. The number of likely N-dealkylation sites (N-methyl/N-ethyl adjacent to an activating group) is 1. The molecule has 0 amide bonds. The summed E-state index contributed by atoms with van der Waals surface area (Å²) < 4.78 is 5.74. The van der Waals surface area contributed by atoms with Gasteiger partial charge in [-0.1, -0.05) is 13.8 Å². The van der Waals surface area contributed by atoms with Gasteiger partial charge < -0.3 is 20.0 Å². The molecule has 3 rings (SSSR count). The van der Waals surface area contributed by atoms with Crippen molar-refractivity contribution in [2.24, 2.45) is 10.9 Å². The Morgan fingerprint density at radius 2 is 1.70 bits per heavy atom. The van der Waals surface area contributed by atoms with Crippen LogP contribution in [0, 0.1) is 5.92 Å². The molecule has 1 aromatic rings. The van der Waals surface area contributed by atoms with Crippen molar-refractivity contribution < 1.29 is 4.42 Å². The molecule has 2 saturated heterocycles. The summed E-state index contributed by atoms with van der Waals surface area (Å²) in [5.41, 5.74) is 0. The van der Waals surface area contributed by atoms with Crippen LogP contribution in [0.25, 0.3) is 0 Å². The molecule has 2 aliphatic heterocycles. The van der Waals surface area contributed by atoms with Gasteiger partial charge in [0.05, 0.1) is 12.3 Å². The van der Waals surface area contributed by atoms with E-state index in [9.17, 15) is 0 Å². The van der Waals surface area contributed by atoms with Gasteiger partial charge in [-0.15, -0.1) is 24.0 Å². The van der Waals surface area contributed by atoms with Crippen LogP contribution < -0.4 is 10.6 Å². The third-order valence-electron chi connectivity index (χ3n) is 6.39. The molecule has 0 radical (unpaired) electrons. The Morgan fingerprint density at radius 1 is 1.03 bits per heavy atom. The van der Waals surface area contributed by atoms with Crippen LogP contribution in [-0.4, -0.2) is 93.2 Å². The highest BCUT2D eigenvalue weighted by Crippen LogP contribution is 2.24. The van der Waals surface area contributed by atoms with Crippen LogP contribution in [-0.2, 0) is 0 Å². The van der Waals surface area contributed by atoms with Crippen molar-refractivity contribution in [1.82, 2.24) is 25.3 Å². The quantitative estimate of drug-likeness (QED) is 0.305. The van der Waals surface area contributed by atoms with E-state index in [1.54, 1.807) is 6.26 Å². The van der Waals surface area contributed by atoms with E-state index in [2.05, 4.69) is 57.3 Å². The van der Waals surface area contributed by atoms with Crippen molar-refractivity contribution in [3.8, 4) is 0 Å². The smallest absolute Gasteiger partial charge is 0.191 e. The zero-order chi connectivity index (χ0) is 20.6. The second kappa shape index (κ2) is 12.9. The van der Waals surface area contributed by atoms with E-state index in [-0.39, 0.29) is 30.0 Å². The highest BCUT2D eigenvalue weighted by atomic mass is 127. The van der Waals surface area contributed by atoms with Crippen molar-refractivity contribution in [3.63, 3.8) is 0 Å². The fourth-order valence-electron chi connectivity index (χ4n) is 4.50. The van der Waals surface area contributed by atoms with E-state index >= 15 is 0 Å². The van der Waals surface area contributed by atoms with Gasteiger partial charge in [-0.05, 0) is 51.0 Å². The number of likely N-dealkylation sites (tertiary alicyclic amines) is 1. The molecule has 2 atom stereocenters. The Labute approximate surface area is 199 Å². The molecule has 2 aliphatic rings. The zero-order valence-electron chi connectivity index (χ0n) is 19.1. The fraction of sp³-hybridized carbons (Fsp3) is 0.773. The maximum Gasteiger partial charge on any atom is 0.191 e. The first-order valence-electron chi connectivity index (χ1n) is 11.2. The van der Waals surface area contributed by atoms with Crippen LogP contribution in [0.4, 0.5) is 0 Å². The zero-order valence-corrected chi connectivity index (χ0v) is 21.5. The molecule has 2 N–H and O–H groups in total. The second-order valence-corrected chi connectivity index (χ2v) is 8.76. The number of nitrogens with one attached hydrogen (secondary N) is 2. The second-order valence-electron chi connectivity index (χ2n) is 8.76. The highest BCUT2D eigenvalue weighted by Gasteiger charge is 2.27. The molecule has 1 aromatic heterocycles. The SMILES string of the molecule is CN=C(NCC(c1ccco1)N1CCCC1)NCC(C(C)C)N1CCN(C)CC1.I. The molecular formula is C22H41IN6O. The van der Waals surface area contributed by atoms with Crippen LogP contribution in [0.2, 0.25) is 0 Å². The average Bonchev–Trinajstić information content (AvgIpc) is 3.42. The van der Waals surface area contributed by atoms with Gasteiger partial charge in [-0.2, -0.15) is 0 Å². The van der Waals surface area contributed by atoms with Gasteiger partial charge in [0.15, 0.2) is 5.96 Å². The van der Waals surface area contributed by atoms with E-state index in [4.69, 9.17) is 4.42 Å². The maximum absolute atomic E-state index is 5.74. The topological polar surface area (TPSA) is 59.3 Å². The summed E-state index contributed by atoms with van der Waals surface area (Å²) in [6.45, 7) is 13.2. The van der Waals surface area contributed by atoms with E-state index in [0.717, 1.165) is 64.1 Å². The van der Waals surface area contributed by atoms with Crippen molar-refractivity contribution >= 4 is 29.9 Å².